The third-order valence-corrected chi connectivity index (χ3v) is 7.26. The van der Waals surface area contributed by atoms with Crippen LogP contribution < -0.4 is 5.32 Å². The number of amides is 2. The molecule has 0 spiro atoms. The molecule has 0 aliphatic carbocycles. The van der Waals surface area contributed by atoms with Crippen molar-refractivity contribution in [3.63, 3.8) is 0 Å². The van der Waals surface area contributed by atoms with Gasteiger partial charge in [-0.3, -0.25) is 19.3 Å². The molecule has 0 saturated heterocycles. The Morgan fingerprint density at radius 2 is 1.54 bits per heavy atom. The van der Waals surface area contributed by atoms with Gasteiger partial charge in [-0.15, -0.1) is 0 Å². The zero-order valence-corrected chi connectivity index (χ0v) is 22.0. The molecule has 0 bridgehead atoms. The molecule has 2 aliphatic rings. The van der Waals surface area contributed by atoms with Crippen molar-refractivity contribution in [2.24, 2.45) is 5.92 Å². The van der Waals surface area contributed by atoms with E-state index in [0.717, 1.165) is 11.3 Å². The van der Waals surface area contributed by atoms with Crippen molar-refractivity contribution >= 4 is 40.4 Å². The average Bonchev–Trinajstić information content (AvgIpc) is 3.16. The summed E-state index contributed by atoms with van der Waals surface area (Å²) in [6, 6.07) is 16.2. The molecule has 8 heteroatoms. The largest absolute Gasteiger partial charge is 0.463 e. The molecule has 0 fully saturated rings. The molecule has 2 heterocycles. The van der Waals surface area contributed by atoms with Gasteiger partial charge in [-0.2, -0.15) is 0 Å². The number of hydrogen-bond donors (Lipinski definition) is 1. The van der Waals surface area contributed by atoms with Gasteiger partial charge in [-0.1, -0.05) is 68.1 Å². The molecule has 1 unspecified atom stereocenters. The Morgan fingerprint density at radius 3 is 2.11 bits per heavy atom. The average molecular weight is 519 g/mol. The molecule has 0 saturated carbocycles. The number of dihydropyridines is 1. The van der Waals surface area contributed by atoms with Crippen LogP contribution in [0.25, 0.3) is 5.70 Å². The number of benzene rings is 2. The van der Waals surface area contributed by atoms with Crippen LogP contribution in [0.3, 0.4) is 0 Å². The summed E-state index contributed by atoms with van der Waals surface area (Å²) in [6.45, 7) is 5.82. The lowest BCUT2D eigenvalue weighted by Crippen LogP contribution is -2.37. The van der Waals surface area contributed by atoms with Gasteiger partial charge in [0, 0.05) is 23.7 Å². The van der Waals surface area contributed by atoms with Gasteiger partial charge in [-0.25, -0.2) is 4.79 Å². The molecule has 2 aliphatic heterocycles. The Kier molecular flexibility index (Phi) is 8.28. The maximum Gasteiger partial charge on any atom is 0.336 e. The molecule has 192 valence electrons. The van der Waals surface area contributed by atoms with Gasteiger partial charge >= 0.3 is 5.97 Å². The van der Waals surface area contributed by atoms with Gasteiger partial charge in [0.05, 0.1) is 29.0 Å². The van der Waals surface area contributed by atoms with Gasteiger partial charge in [0.25, 0.3) is 11.8 Å². The number of carbonyl (C=O) groups is 4. The molecule has 0 radical (unpaired) electrons. The Morgan fingerprint density at radius 1 is 0.919 bits per heavy atom. The van der Waals surface area contributed by atoms with E-state index in [-0.39, 0.29) is 36.5 Å². The number of imide groups is 1. The first-order valence-corrected chi connectivity index (χ1v) is 13.5. The number of hydrogen-bond acceptors (Lipinski definition) is 7. The van der Waals surface area contributed by atoms with Crippen molar-refractivity contribution in [1.29, 1.82) is 0 Å². The molecular formula is C29H30N2O5S. The molecule has 2 aromatic rings. The summed E-state index contributed by atoms with van der Waals surface area (Å²) in [4.78, 5) is 54.1. The maximum atomic E-state index is 13.4. The van der Waals surface area contributed by atoms with Crippen LogP contribution in [0.1, 0.15) is 59.9 Å². The molecule has 7 nitrogen and oxygen atoms in total. The highest BCUT2D eigenvalue weighted by molar-refractivity contribution is 8.14. The highest BCUT2D eigenvalue weighted by atomic mass is 32.2. The van der Waals surface area contributed by atoms with Crippen molar-refractivity contribution in [2.45, 2.75) is 33.6 Å². The molecule has 1 N–H and O–H groups in total. The van der Waals surface area contributed by atoms with Crippen LogP contribution in [0.15, 0.2) is 71.4 Å². The second-order valence-corrected chi connectivity index (χ2v) is 9.85. The summed E-state index contributed by atoms with van der Waals surface area (Å²) in [5.41, 5.74) is 3.66. The van der Waals surface area contributed by atoms with Crippen LogP contribution >= 0.6 is 11.8 Å². The summed E-state index contributed by atoms with van der Waals surface area (Å²) >= 11 is 1.17. The third-order valence-electron chi connectivity index (χ3n) is 6.49. The van der Waals surface area contributed by atoms with E-state index in [1.165, 1.54) is 16.7 Å². The van der Waals surface area contributed by atoms with Crippen molar-refractivity contribution in [3.05, 3.63) is 88.1 Å². The van der Waals surface area contributed by atoms with Crippen molar-refractivity contribution in [3.8, 4) is 0 Å². The summed E-state index contributed by atoms with van der Waals surface area (Å²) < 4.78 is 5.46. The van der Waals surface area contributed by atoms with Crippen LogP contribution in [-0.4, -0.2) is 46.7 Å². The molecule has 37 heavy (non-hydrogen) atoms. The number of carbonyl (C=O) groups excluding carboxylic acids is 4. The SMILES string of the molecule is CCOC(=O)C1=C(c2ccccc2)NC(CC)=C(C(=O)SCC)C1CCN1C(=O)c2ccccc2C1=O. The van der Waals surface area contributed by atoms with Gasteiger partial charge in [-0.05, 0) is 43.2 Å². The van der Waals surface area contributed by atoms with E-state index in [1.807, 2.05) is 44.2 Å². The van der Waals surface area contributed by atoms with Gasteiger partial charge in [0.15, 0.2) is 0 Å². The van der Waals surface area contributed by atoms with E-state index in [2.05, 4.69) is 5.32 Å². The fraction of sp³-hybridized carbons (Fsp3) is 0.310. The van der Waals surface area contributed by atoms with E-state index in [9.17, 15) is 19.2 Å². The maximum absolute atomic E-state index is 13.4. The highest BCUT2D eigenvalue weighted by Crippen LogP contribution is 2.40. The Bertz CT molecular complexity index is 1260. The van der Waals surface area contributed by atoms with Crippen LogP contribution in [0.4, 0.5) is 0 Å². The number of nitrogens with zero attached hydrogens (tertiary/aromatic N) is 1. The van der Waals surface area contributed by atoms with Crippen molar-refractivity contribution < 1.29 is 23.9 Å². The molecule has 2 amide bonds. The first kappa shape index (κ1) is 26.4. The summed E-state index contributed by atoms with van der Waals surface area (Å²) in [7, 11) is 0. The fourth-order valence-corrected chi connectivity index (χ4v) is 5.53. The number of allylic oxidation sites excluding steroid dienone is 1. The predicted octanol–water partition coefficient (Wildman–Crippen LogP) is 4.81. The lowest BCUT2D eigenvalue weighted by molar-refractivity contribution is -0.139. The predicted molar refractivity (Wildman–Crippen MR) is 144 cm³/mol. The normalized spacial score (nSPS) is 17.2. The van der Waals surface area contributed by atoms with Gasteiger partial charge in [0.1, 0.15) is 0 Å². The van der Waals surface area contributed by atoms with E-state index < -0.39 is 11.9 Å². The molecular weight excluding hydrogens is 488 g/mol. The number of fused-ring (bicyclic) bond motifs is 1. The smallest absolute Gasteiger partial charge is 0.336 e. The first-order valence-electron chi connectivity index (χ1n) is 12.5. The van der Waals surface area contributed by atoms with E-state index in [4.69, 9.17) is 4.74 Å². The Balaban J connectivity index is 1.79. The van der Waals surface area contributed by atoms with E-state index >= 15 is 0 Å². The second-order valence-electron chi connectivity index (χ2n) is 8.62. The topological polar surface area (TPSA) is 92.8 Å². The molecule has 2 aromatic carbocycles. The standard InChI is InChI=1S/C29H30N2O5S/c1-4-22-23(29(35)37-6-3)21(16-17-31-26(32)19-14-10-11-15-20(19)27(31)33)24(28(34)36-5-2)25(30-22)18-12-8-7-9-13-18/h7-15,21,30H,4-6,16-17H2,1-3H3. The number of rotatable bonds is 9. The Labute approximate surface area is 220 Å². The number of nitrogens with one attached hydrogen (secondary N) is 1. The number of thioether (sulfide) groups is 1. The zero-order valence-electron chi connectivity index (χ0n) is 21.2. The van der Waals surface area contributed by atoms with Gasteiger partial charge < -0.3 is 10.1 Å². The minimum Gasteiger partial charge on any atom is -0.463 e. The van der Waals surface area contributed by atoms with Gasteiger partial charge in [0.2, 0.25) is 5.12 Å². The number of esters is 1. The lowest BCUT2D eigenvalue weighted by atomic mass is 9.81. The molecule has 4 rings (SSSR count). The lowest BCUT2D eigenvalue weighted by Gasteiger charge is -2.33. The van der Waals surface area contributed by atoms with E-state index in [1.54, 1.807) is 31.2 Å². The minimum atomic E-state index is -0.652. The second kappa shape index (κ2) is 11.6. The first-order chi connectivity index (χ1) is 17.9. The molecule has 1 atom stereocenters. The quantitative estimate of drug-likeness (QED) is 0.376. The summed E-state index contributed by atoms with van der Waals surface area (Å²) in [5, 5.41) is 3.23. The minimum absolute atomic E-state index is 0.0621. The van der Waals surface area contributed by atoms with Crippen LogP contribution in [0.5, 0.6) is 0 Å². The fourth-order valence-electron chi connectivity index (χ4n) is 4.84. The van der Waals surface area contributed by atoms with Crippen molar-refractivity contribution in [1.82, 2.24) is 10.2 Å². The van der Waals surface area contributed by atoms with Crippen LogP contribution in [0.2, 0.25) is 0 Å². The monoisotopic (exact) mass is 518 g/mol. The third kappa shape index (κ3) is 5.11. The number of ether oxygens (including phenoxy) is 1. The van der Waals surface area contributed by atoms with Crippen LogP contribution in [0, 0.1) is 5.92 Å². The summed E-state index contributed by atoms with van der Waals surface area (Å²) in [5.74, 6) is -1.33. The summed E-state index contributed by atoms with van der Waals surface area (Å²) in [6.07, 6.45) is 0.758. The highest BCUT2D eigenvalue weighted by Gasteiger charge is 2.40. The Hall–Kier alpha value is -3.65. The zero-order chi connectivity index (χ0) is 26.5. The molecule has 0 aromatic heterocycles. The van der Waals surface area contributed by atoms with Crippen LogP contribution in [-0.2, 0) is 14.3 Å². The van der Waals surface area contributed by atoms with E-state index in [0.29, 0.717) is 40.1 Å². The van der Waals surface area contributed by atoms with Crippen molar-refractivity contribution in [2.75, 3.05) is 18.9 Å².